The van der Waals surface area contributed by atoms with Gasteiger partial charge in [-0.3, -0.25) is 9.78 Å². The standard InChI is InChI=1S/C13H13N2O/c1-11-5-6-14-12(9-11)13(16)10-15-7-3-2-4-8-15/h2-9H,10H2,1H3/q+1. The average molecular weight is 213 g/mol. The molecule has 0 atom stereocenters. The van der Waals surface area contributed by atoms with Gasteiger partial charge in [-0.1, -0.05) is 6.07 Å². The molecule has 2 aromatic rings. The fraction of sp³-hybridized carbons (Fsp3) is 0.154. The maximum atomic E-state index is 11.9. The Morgan fingerprint density at radius 3 is 2.75 bits per heavy atom. The first-order valence-corrected chi connectivity index (χ1v) is 5.15. The number of carbonyl (C=O) groups is 1. The van der Waals surface area contributed by atoms with Crippen molar-refractivity contribution in [2.24, 2.45) is 0 Å². The van der Waals surface area contributed by atoms with Gasteiger partial charge >= 0.3 is 0 Å². The number of aryl methyl sites for hydroxylation is 1. The molecule has 0 aliphatic rings. The Bertz CT molecular complexity index is 494. The highest BCUT2D eigenvalue weighted by Gasteiger charge is 2.12. The third kappa shape index (κ3) is 2.51. The highest BCUT2D eigenvalue weighted by molar-refractivity contribution is 5.93. The van der Waals surface area contributed by atoms with Crippen molar-refractivity contribution >= 4 is 5.78 Å². The van der Waals surface area contributed by atoms with Crippen molar-refractivity contribution < 1.29 is 9.36 Å². The van der Waals surface area contributed by atoms with Crippen LogP contribution in [0.15, 0.2) is 48.9 Å². The quantitative estimate of drug-likeness (QED) is 0.572. The van der Waals surface area contributed by atoms with Gasteiger partial charge in [0.1, 0.15) is 5.69 Å². The first kappa shape index (κ1) is 10.5. The summed E-state index contributed by atoms with van der Waals surface area (Å²) in [6.45, 7) is 2.28. The molecule has 0 fully saturated rings. The van der Waals surface area contributed by atoms with Crippen molar-refractivity contribution in [3.8, 4) is 0 Å². The summed E-state index contributed by atoms with van der Waals surface area (Å²) in [6, 6.07) is 9.41. The Morgan fingerprint density at radius 1 is 1.31 bits per heavy atom. The lowest BCUT2D eigenvalue weighted by molar-refractivity contribution is -0.683. The lowest BCUT2D eigenvalue weighted by Crippen LogP contribution is -2.37. The van der Waals surface area contributed by atoms with E-state index < -0.39 is 0 Å². The minimum Gasteiger partial charge on any atom is -0.285 e. The van der Waals surface area contributed by atoms with E-state index in [9.17, 15) is 4.79 Å². The van der Waals surface area contributed by atoms with Gasteiger partial charge in [-0.15, -0.1) is 0 Å². The molecule has 0 saturated carbocycles. The van der Waals surface area contributed by atoms with Crippen LogP contribution in [0.4, 0.5) is 0 Å². The minimum atomic E-state index is 0.0277. The molecule has 2 heterocycles. The third-order valence-electron chi connectivity index (χ3n) is 2.30. The molecule has 0 aromatic carbocycles. The Balaban J connectivity index is 2.15. The van der Waals surface area contributed by atoms with E-state index in [1.54, 1.807) is 6.20 Å². The topological polar surface area (TPSA) is 33.8 Å². The maximum absolute atomic E-state index is 11.9. The first-order valence-electron chi connectivity index (χ1n) is 5.15. The largest absolute Gasteiger partial charge is 0.285 e. The molecular formula is C13H13N2O+. The van der Waals surface area contributed by atoms with Gasteiger partial charge in [0, 0.05) is 18.3 Å². The predicted octanol–water partition coefficient (Wildman–Crippen LogP) is 1.56. The Hall–Kier alpha value is -2.03. The summed E-state index contributed by atoms with van der Waals surface area (Å²) in [4.78, 5) is 16.0. The summed E-state index contributed by atoms with van der Waals surface area (Å²) in [5.74, 6) is 0.0277. The molecular weight excluding hydrogens is 200 g/mol. The normalized spacial score (nSPS) is 10.1. The van der Waals surface area contributed by atoms with E-state index in [0.29, 0.717) is 12.2 Å². The van der Waals surface area contributed by atoms with Gasteiger partial charge in [-0.25, -0.2) is 0 Å². The summed E-state index contributed by atoms with van der Waals surface area (Å²) in [6.07, 6.45) is 5.40. The summed E-state index contributed by atoms with van der Waals surface area (Å²) in [5, 5.41) is 0. The van der Waals surface area contributed by atoms with Gasteiger partial charge in [-0.2, -0.15) is 4.57 Å². The van der Waals surface area contributed by atoms with Crippen LogP contribution in [-0.2, 0) is 6.54 Å². The van der Waals surface area contributed by atoms with Crippen molar-refractivity contribution in [3.63, 3.8) is 0 Å². The second-order valence-corrected chi connectivity index (χ2v) is 3.69. The van der Waals surface area contributed by atoms with Gasteiger partial charge in [0.15, 0.2) is 12.4 Å². The first-order chi connectivity index (χ1) is 7.75. The van der Waals surface area contributed by atoms with E-state index in [2.05, 4.69) is 4.98 Å². The van der Waals surface area contributed by atoms with Crippen LogP contribution in [0.3, 0.4) is 0 Å². The van der Waals surface area contributed by atoms with Crippen LogP contribution in [0.25, 0.3) is 0 Å². The van der Waals surface area contributed by atoms with E-state index in [1.807, 2.05) is 54.2 Å². The zero-order valence-corrected chi connectivity index (χ0v) is 9.13. The van der Waals surface area contributed by atoms with E-state index in [4.69, 9.17) is 0 Å². The van der Waals surface area contributed by atoms with Crippen LogP contribution in [-0.4, -0.2) is 10.8 Å². The molecule has 2 aromatic heterocycles. The smallest absolute Gasteiger partial charge is 0.245 e. The van der Waals surface area contributed by atoms with Gasteiger partial charge in [0.25, 0.3) is 0 Å². The Labute approximate surface area is 94.4 Å². The number of hydrogen-bond acceptors (Lipinski definition) is 2. The van der Waals surface area contributed by atoms with Crippen molar-refractivity contribution in [2.45, 2.75) is 13.5 Å². The van der Waals surface area contributed by atoms with Crippen molar-refractivity contribution in [3.05, 3.63) is 60.2 Å². The van der Waals surface area contributed by atoms with Crippen LogP contribution >= 0.6 is 0 Å². The SMILES string of the molecule is Cc1ccnc(C(=O)C[n+]2ccccc2)c1. The van der Waals surface area contributed by atoms with Gasteiger partial charge in [0.2, 0.25) is 12.3 Å². The zero-order chi connectivity index (χ0) is 11.4. The number of carbonyl (C=O) groups excluding carboxylic acids is 1. The molecule has 0 aliphatic heterocycles. The number of pyridine rings is 2. The van der Waals surface area contributed by atoms with E-state index in [1.165, 1.54) is 0 Å². The predicted molar refractivity (Wildman–Crippen MR) is 59.9 cm³/mol. The summed E-state index contributed by atoms with van der Waals surface area (Å²) >= 11 is 0. The van der Waals surface area contributed by atoms with Crippen LogP contribution in [0, 0.1) is 6.92 Å². The molecule has 0 aliphatic carbocycles. The molecule has 0 unspecified atom stereocenters. The molecule has 0 saturated heterocycles. The van der Waals surface area contributed by atoms with Gasteiger partial charge in [-0.05, 0) is 24.6 Å². The molecule has 3 heteroatoms. The summed E-state index contributed by atoms with van der Waals surface area (Å²) < 4.78 is 1.84. The maximum Gasteiger partial charge on any atom is 0.245 e. The monoisotopic (exact) mass is 213 g/mol. The molecule has 0 radical (unpaired) electrons. The second kappa shape index (κ2) is 4.66. The van der Waals surface area contributed by atoms with Crippen LogP contribution in [0.1, 0.15) is 16.1 Å². The van der Waals surface area contributed by atoms with E-state index in [0.717, 1.165) is 5.56 Å². The zero-order valence-electron chi connectivity index (χ0n) is 9.13. The highest BCUT2D eigenvalue weighted by atomic mass is 16.1. The van der Waals surface area contributed by atoms with Crippen molar-refractivity contribution in [1.82, 2.24) is 4.98 Å². The van der Waals surface area contributed by atoms with E-state index >= 15 is 0 Å². The minimum absolute atomic E-state index is 0.0277. The lowest BCUT2D eigenvalue weighted by Gasteiger charge is -1.98. The number of rotatable bonds is 3. The van der Waals surface area contributed by atoms with Crippen molar-refractivity contribution in [1.29, 1.82) is 0 Å². The van der Waals surface area contributed by atoms with Crippen LogP contribution < -0.4 is 4.57 Å². The number of aromatic nitrogens is 2. The molecule has 0 amide bonds. The van der Waals surface area contributed by atoms with E-state index in [-0.39, 0.29) is 5.78 Å². The van der Waals surface area contributed by atoms with Crippen LogP contribution in [0.2, 0.25) is 0 Å². The second-order valence-electron chi connectivity index (χ2n) is 3.69. The average Bonchev–Trinajstić information content (AvgIpc) is 2.30. The Kier molecular flexibility index (Phi) is 3.05. The number of Topliss-reactive ketones (excluding diaryl/α,β-unsaturated/α-hetero) is 1. The Morgan fingerprint density at radius 2 is 2.06 bits per heavy atom. The number of hydrogen-bond donors (Lipinski definition) is 0. The van der Waals surface area contributed by atoms with Crippen molar-refractivity contribution in [2.75, 3.05) is 0 Å². The molecule has 16 heavy (non-hydrogen) atoms. The fourth-order valence-corrected chi connectivity index (χ4v) is 1.48. The lowest BCUT2D eigenvalue weighted by atomic mass is 10.2. The summed E-state index contributed by atoms with van der Waals surface area (Å²) in [7, 11) is 0. The number of nitrogens with zero attached hydrogens (tertiary/aromatic N) is 2. The summed E-state index contributed by atoms with van der Waals surface area (Å²) in [5.41, 5.74) is 1.58. The van der Waals surface area contributed by atoms with Gasteiger partial charge < -0.3 is 0 Å². The molecule has 3 nitrogen and oxygen atoms in total. The number of ketones is 1. The highest BCUT2D eigenvalue weighted by Crippen LogP contribution is 2.00. The fourth-order valence-electron chi connectivity index (χ4n) is 1.48. The molecule has 0 N–H and O–H groups in total. The molecule has 0 spiro atoms. The molecule has 80 valence electrons. The van der Waals surface area contributed by atoms with Crippen LogP contribution in [0.5, 0.6) is 0 Å². The molecule has 0 bridgehead atoms. The van der Waals surface area contributed by atoms with Gasteiger partial charge in [0.05, 0.1) is 0 Å². The molecule has 2 rings (SSSR count). The third-order valence-corrected chi connectivity index (χ3v) is 2.30.